The number of hydrogen-bond donors (Lipinski definition) is 2. The number of rotatable bonds is 7. The van der Waals surface area contributed by atoms with Crippen LogP contribution in [0.1, 0.15) is 26.3 Å². The van der Waals surface area contributed by atoms with Gasteiger partial charge in [0, 0.05) is 19.3 Å². The maximum atomic E-state index is 12.0. The molecular formula is C13H23N3O2S. The number of pyridine rings is 1. The summed E-state index contributed by atoms with van der Waals surface area (Å²) in [6.07, 6.45) is 1.58. The SMILES string of the molecule is CNCc1ccc(S(=O)(=O)NCC(C)C(C)C)nc1. The monoisotopic (exact) mass is 285 g/mol. The molecule has 0 bridgehead atoms. The van der Waals surface area contributed by atoms with Crippen LogP contribution in [0.4, 0.5) is 0 Å². The van der Waals surface area contributed by atoms with Crippen LogP contribution in [0.15, 0.2) is 23.4 Å². The summed E-state index contributed by atoms with van der Waals surface area (Å²) in [4.78, 5) is 4.00. The van der Waals surface area contributed by atoms with Gasteiger partial charge in [0.25, 0.3) is 10.0 Å². The van der Waals surface area contributed by atoms with Crippen molar-refractivity contribution in [1.29, 1.82) is 0 Å². The lowest BCUT2D eigenvalue weighted by molar-refractivity contribution is 0.414. The highest BCUT2D eigenvalue weighted by Crippen LogP contribution is 2.11. The normalized spacial score (nSPS) is 13.7. The maximum Gasteiger partial charge on any atom is 0.258 e. The lowest BCUT2D eigenvalue weighted by Crippen LogP contribution is -2.30. The molecule has 19 heavy (non-hydrogen) atoms. The van der Waals surface area contributed by atoms with E-state index in [2.05, 4.69) is 28.9 Å². The number of sulfonamides is 1. The van der Waals surface area contributed by atoms with E-state index in [-0.39, 0.29) is 5.03 Å². The van der Waals surface area contributed by atoms with Crippen molar-refractivity contribution in [3.05, 3.63) is 23.9 Å². The average Bonchev–Trinajstić information content (AvgIpc) is 2.37. The summed E-state index contributed by atoms with van der Waals surface area (Å²) in [5.74, 6) is 0.729. The zero-order valence-corrected chi connectivity index (χ0v) is 12.8. The molecule has 5 nitrogen and oxygen atoms in total. The highest BCUT2D eigenvalue weighted by Gasteiger charge is 2.17. The molecule has 2 N–H and O–H groups in total. The van der Waals surface area contributed by atoms with Crippen molar-refractivity contribution in [2.45, 2.75) is 32.3 Å². The van der Waals surface area contributed by atoms with Gasteiger partial charge in [0.15, 0.2) is 5.03 Å². The molecule has 0 aromatic carbocycles. The van der Waals surface area contributed by atoms with Crippen molar-refractivity contribution in [2.24, 2.45) is 11.8 Å². The van der Waals surface area contributed by atoms with Gasteiger partial charge in [0.05, 0.1) is 0 Å². The molecule has 0 aliphatic rings. The summed E-state index contributed by atoms with van der Waals surface area (Å²) in [6, 6.07) is 3.30. The second-order valence-electron chi connectivity index (χ2n) is 5.11. The fourth-order valence-electron chi connectivity index (χ4n) is 1.43. The molecule has 1 aromatic heterocycles. The lowest BCUT2D eigenvalue weighted by atomic mass is 9.99. The molecule has 1 heterocycles. The Kier molecular flexibility index (Phi) is 5.90. The number of nitrogens with zero attached hydrogens (tertiary/aromatic N) is 1. The standard InChI is InChI=1S/C13H23N3O2S/c1-10(2)11(3)7-16-19(17,18)13-6-5-12(8-14-4)9-15-13/h5-6,9-11,14,16H,7-8H2,1-4H3. The number of nitrogens with one attached hydrogen (secondary N) is 2. The van der Waals surface area contributed by atoms with E-state index in [9.17, 15) is 8.42 Å². The Morgan fingerprint density at radius 1 is 1.26 bits per heavy atom. The fraction of sp³-hybridized carbons (Fsp3) is 0.615. The van der Waals surface area contributed by atoms with Crippen molar-refractivity contribution in [2.75, 3.05) is 13.6 Å². The second-order valence-corrected chi connectivity index (χ2v) is 6.82. The smallest absolute Gasteiger partial charge is 0.258 e. The zero-order valence-electron chi connectivity index (χ0n) is 12.0. The van der Waals surface area contributed by atoms with Crippen molar-refractivity contribution in [1.82, 2.24) is 15.0 Å². The molecule has 0 radical (unpaired) electrons. The van der Waals surface area contributed by atoms with Crippen LogP contribution >= 0.6 is 0 Å². The lowest BCUT2D eigenvalue weighted by Gasteiger charge is -2.16. The van der Waals surface area contributed by atoms with Gasteiger partial charge in [-0.1, -0.05) is 26.8 Å². The van der Waals surface area contributed by atoms with E-state index in [4.69, 9.17) is 0 Å². The van der Waals surface area contributed by atoms with Crippen LogP contribution in [-0.4, -0.2) is 27.0 Å². The van der Waals surface area contributed by atoms with Gasteiger partial charge in [0.2, 0.25) is 0 Å². The third kappa shape index (κ3) is 4.89. The van der Waals surface area contributed by atoms with Crippen LogP contribution in [0.3, 0.4) is 0 Å². The van der Waals surface area contributed by atoms with E-state index >= 15 is 0 Å². The van der Waals surface area contributed by atoms with Crippen LogP contribution in [0, 0.1) is 11.8 Å². The predicted molar refractivity (Wildman–Crippen MR) is 76.2 cm³/mol. The Bertz CT molecular complexity index is 483. The molecule has 0 fully saturated rings. The largest absolute Gasteiger partial charge is 0.316 e. The summed E-state index contributed by atoms with van der Waals surface area (Å²) >= 11 is 0. The topological polar surface area (TPSA) is 71.1 Å². The van der Waals surface area contributed by atoms with Crippen LogP contribution in [0.25, 0.3) is 0 Å². The van der Waals surface area contributed by atoms with E-state index in [1.807, 2.05) is 14.0 Å². The van der Waals surface area contributed by atoms with E-state index in [1.54, 1.807) is 12.3 Å². The van der Waals surface area contributed by atoms with Gasteiger partial charge in [0.1, 0.15) is 0 Å². The van der Waals surface area contributed by atoms with Crippen molar-refractivity contribution in [3.8, 4) is 0 Å². The molecule has 0 aliphatic carbocycles. The Balaban J connectivity index is 2.71. The Morgan fingerprint density at radius 2 is 1.95 bits per heavy atom. The summed E-state index contributed by atoms with van der Waals surface area (Å²) in [6.45, 7) is 7.27. The Morgan fingerprint density at radius 3 is 2.42 bits per heavy atom. The molecular weight excluding hydrogens is 262 g/mol. The molecule has 1 rings (SSSR count). The highest BCUT2D eigenvalue weighted by molar-refractivity contribution is 7.89. The van der Waals surface area contributed by atoms with Crippen LogP contribution in [0.5, 0.6) is 0 Å². The molecule has 108 valence electrons. The Labute approximate surface area is 115 Å². The Hall–Kier alpha value is -0.980. The molecule has 1 atom stereocenters. The van der Waals surface area contributed by atoms with E-state index in [0.29, 0.717) is 24.9 Å². The highest BCUT2D eigenvalue weighted by atomic mass is 32.2. The first-order chi connectivity index (χ1) is 8.86. The van der Waals surface area contributed by atoms with Crippen molar-refractivity contribution in [3.63, 3.8) is 0 Å². The van der Waals surface area contributed by atoms with Gasteiger partial charge in [-0.15, -0.1) is 0 Å². The third-order valence-corrected chi connectivity index (χ3v) is 4.53. The number of aromatic nitrogens is 1. The van der Waals surface area contributed by atoms with Crippen LogP contribution in [-0.2, 0) is 16.6 Å². The van der Waals surface area contributed by atoms with Gasteiger partial charge >= 0.3 is 0 Å². The summed E-state index contributed by atoms with van der Waals surface area (Å²) in [5, 5.41) is 3.06. The molecule has 0 saturated carbocycles. The van der Waals surface area contributed by atoms with Crippen molar-refractivity contribution >= 4 is 10.0 Å². The van der Waals surface area contributed by atoms with E-state index in [1.165, 1.54) is 6.07 Å². The maximum absolute atomic E-state index is 12.0. The molecule has 1 aromatic rings. The van der Waals surface area contributed by atoms with Gasteiger partial charge in [-0.05, 0) is 30.5 Å². The average molecular weight is 285 g/mol. The van der Waals surface area contributed by atoms with Gasteiger partial charge in [-0.25, -0.2) is 18.1 Å². The molecule has 0 saturated heterocycles. The second kappa shape index (κ2) is 6.98. The molecule has 0 amide bonds. The first kappa shape index (κ1) is 16.1. The van der Waals surface area contributed by atoms with Gasteiger partial charge in [-0.2, -0.15) is 0 Å². The number of hydrogen-bond acceptors (Lipinski definition) is 4. The summed E-state index contributed by atoms with van der Waals surface area (Å²) in [5.41, 5.74) is 0.956. The molecule has 0 spiro atoms. The first-order valence-corrected chi connectivity index (χ1v) is 7.94. The van der Waals surface area contributed by atoms with Gasteiger partial charge in [-0.3, -0.25) is 0 Å². The molecule has 0 aliphatic heterocycles. The summed E-state index contributed by atoms with van der Waals surface area (Å²) < 4.78 is 26.7. The quantitative estimate of drug-likeness (QED) is 0.794. The minimum absolute atomic E-state index is 0.0725. The predicted octanol–water partition coefficient (Wildman–Crippen LogP) is 1.37. The third-order valence-electron chi connectivity index (χ3n) is 3.19. The first-order valence-electron chi connectivity index (χ1n) is 6.46. The fourth-order valence-corrected chi connectivity index (χ4v) is 2.50. The summed E-state index contributed by atoms with van der Waals surface area (Å²) in [7, 11) is -1.67. The van der Waals surface area contributed by atoms with Crippen LogP contribution in [0.2, 0.25) is 0 Å². The van der Waals surface area contributed by atoms with Crippen LogP contribution < -0.4 is 10.0 Å². The molecule has 6 heteroatoms. The van der Waals surface area contributed by atoms with E-state index < -0.39 is 10.0 Å². The molecule has 1 unspecified atom stereocenters. The minimum Gasteiger partial charge on any atom is -0.316 e. The minimum atomic E-state index is -3.50. The van der Waals surface area contributed by atoms with Gasteiger partial charge < -0.3 is 5.32 Å². The van der Waals surface area contributed by atoms with E-state index in [0.717, 1.165) is 5.56 Å². The zero-order chi connectivity index (χ0) is 14.5. The van der Waals surface area contributed by atoms with Crippen molar-refractivity contribution < 1.29 is 8.42 Å².